The van der Waals surface area contributed by atoms with Crippen LogP contribution in [0.15, 0.2) is 45.3 Å². The first-order valence-electron chi connectivity index (χ1n) is 5.73. The van der Waals surface area contributed by atoms with Gasteiger partial charge in [0.1, 0.15) is 5.76 Å². The highest BCUT2D eigenvalue weighted by Gasteiger charge is 2.19. The minimum absolute atomic E-state index is 0.318. The third kappa shape index (κ3) is 2.11. The van der Waals surface area contributed by atoms with Gasteiger partial charge in [0.25, 0.3) is 0 Å². The van der Waals surface area contributed by atoms with E-state index in [0.717, 1.165) is 11.1 Å². The number of nitrogens with zero attached hydrogens (tertiary/aromatic N) is 1. The van der Waals surface area contributed by atoms with Crippen molar-refractivity contribution in [2.24, 2.45) is 0 Å². The summed E-state index contributed by atoms with van der Waals surface area (Å²) in [5.41, 5.74) is 8.89. The van der Waals surface area contributed by atoms with E-state index in [2.05, 4.69) is 5.16 Å². The van der Waals surface area contributed by atoms with Crippen molar-refractivity contribution >= 4 is 17.3 Å². The fourth-order valence-electron chi connectivity index (χ4n) is 1.97. The number of furan rings is 1. The van der Waals surface area contributed by atoms with E-state index >= 15 is 0 Å². The molecule has 0 bridgehead atoms. The van der Waals surface area contributed by atoms with Gasteiger partial charge in [-0.15, -0.1) is 0 Å². The average Bonchev–Trinajstić information content (AvgIpc) is 2.97. The number of aryl methyl sites for hydroxylation is 1. The summed E-state index contributed by atoms with van der Waals surface area (Å²) < 4.78 is 10.6. The number of nitrogen functional groups attached to an aromatic ring is 1. The second kappa shape index (κ2) is 4.48. The van der Waals surface area contributed by atoms with Crippen molar-refractivity contribution in [2.45, 2.75) is 6.92 Å². The van der Waals surface area contributed by atoms with Crippen LogP contribution in [-0.2, 0) is 0 Å². The van der Waals surface area contributed by atoms with E-state index in [4.69, 9.17) is 26.3 Å². The number of hydrogen-bond acceptors (Lipinski definition) is 4. The minimum atomic E-state index is 0.318. The number of halogens is 1. The molecule has 2 N–H and O–H groups in total. The van der Waals surface area contributed by atoms with Gasteiger partial charge in [-0.25, -0.2) is 0 Å². The Morgan fingerprint density at radius 3 is 2.47 bits per heavy atom. The molecule has 3 rings (SSSR count). The largest absolute Gasteiger partial charge is 0.443 e. The van der Waals surface area contributed by atoms with E-state index in [1.165, 1.54) is 0 Å². The maximum atomic E-state index is 5.79. The lowest BCUT2D eigenvalue weighted by atomic mass is 10.0. The Kier molecular flexibility index (Phi) is 2.80. The zero-order valence-electron chi connectivity index (χ0n) is 10.2. The monoisotopic (exact) mass is 274 g/mol. The molecule has 5 heteroatoms. The zero-order valence-corrected chi connectivity index (χ0v) is 10.9. The summed E-state index contributed by atoms with van der Waals surface area (Å²) in [6.07, 6.45) is 0. The van der Waals surface area contributed by atoms with Gasteiger partial charge >= 0.3 is 0 Å². The second-order valence-corrected chi connectivity index (χ2v) is 4.56. The fourth-order valence-corrected chi connectivity index (χ4v) is 2.12. The van der Waals surface area contributed by atoms with Crippen molar-refractivity contribution < 1.29 is 8.94 Å². The van der Waals surface area contributed by atoms with Crippen LogP contribution >= 0.6 is 11.6 Å². The van der Waals surface area contributed by atoms with Gasteiger partial charge in [0, 0.05) is 5.69 Å². The Hall–Kier alpha value is -2.20. The molecular weight excluding hydrogens is 264 g/mol. The minimum Gasteiger partial charge on any atom is -0.443 e. The highest BCUT2D eigenvalue weighted by atomic mass is 35.5. The van der Waals surface area contributed by atoms with Crippen LogP contribution in [0, 0.1) is 6.92 Å². The van der Waals surface area contributed by atoms with Crippen molar-refractivity contribution in [3.8, 4) is 22.6 Å². The molecule has 19 heavy (non-hydrogen) atoms. The van der Waals surface area contributed by atoms with Gasteiger partial charge in [0.05, 0.1) is 5.56 Å². The average molecular weight is 275 g/mol. The Bertz CT molecular complexity index is 713. The molecule has 3 aromatic rings. The Balaban J connectivity index is 2.16. The van der Waals surface area contributed by atoms with Crippen LogP contribution in [0.25, 0.3) is 22.6 Å². The normalized spacial score (nSPS) is 10.8. The maximum Gasteiger partial charge on any atom is 0.194 e. The molecule has 0 saturated heterocycles. The zero-order chi connectivity index (χ0) is 13.4. The summed E-state index contributed by atoms with van der Waals surface area (Å²) in [5.74, 6) is 1.29. The van der Waals surface area contributed by atoms with Gasteiger partial charge in [-0.05, 0) is 48.4 Å². The third-order valence-corrected chi connectivity index (χ3v) is 3.07. The first-order valence-corrected chi connectivity index (χ1v) is 6.11. The summed E-state index contributed by atoms with van der Waals surface area (Å²) in [6.45, 7) is 1.85. The van der Waals surface area contributed by atoms with Crippen LogP contribution in [0.4, 0.5) is 5.69 Å². The Labute approximate surface area is 114 Å². The smallest absolute Gasteiger partial charge is 0.194 e. The molecule has 0 radical (unpaired) electrons. The first kappa shape index (κ1) is 11.9. The maximum absolute atomic E-state index is 5.79. The lowest BCUT2D eigenvalue weighted by molar-refractivity contribution is 0.398. The highest BCUT2D eigenvalue weighted by Crippen LogP contribution is 2.35. The van der Waals surface area contributed by atoms with Gasteiger partial charge in [0.2, 0.25) is 0 Å². The molecule has 0 amide bonds. The van der Waals surface area contributed by atoms with Crippen LogP contribution in [0.5, 0.6) is 0 Å². The molecule has 2 heterocycles. The summed E-state index contributed by atoms with van der Waals surface area (Å²) in [7, 11) is 0. The topological polar surface area (TPSA) is 65.2 Å². The van der Waals surface area contributed by atoms with Crippen molar-refractivity contribution in [1.82, 2.24) is 5.16 Å². The van der Waals surface area contributed by atoms with Crippen LogP contribution in [0.1, 0.15) is 5.76 Å². The number of hydrogen-bond donors (Lipinski definition) is 1. The second-order valence-electron chi connectivity index (χ2n) is 4.19. The Morgan fingerprint density at radius 2 is 1.84 bits per heavy atom. The van der Waals surface area contributed by atoms with Crippen LogP contribution in [0.2, 0.25) is 5.22 Å². The van der Waals surface area contributed by atoms with Crippen molar-refractivity contribution in [3.63, 3.8) is 0 Å². The van der Waals surface area contributed by atoms with E-state index in [1.54, 1.807) is 12.1 Å². The fraction of sp³-hybridized carbons (Fsp3) is 0.0714. The van der Waals surface area contributed by atoms with Crippen molar-refractivity contribution in [2.75, 3.05) is 5.73 Å². The molecule has 1 aromatic carbocycles. The molecule has 96 valence electrons. The Morgan fingerprint density at radius 1 is 1.11 bits per heavy atom. The van der Waals surface area contributed by atoms with E-state index in [1.807, 2.05) is 31.2 Å². The van der Waals surface area contributed by atoms with Gasteiger partial charge in [-0.1, -0.05) is 17.3 Å². The predicted molar refractivity (Wildman–Crippen MR) is 73.8 cm³/mol. The molecule has 0 aliphatic rings. The van der Waals surface area contributed by atoms with E-state index in [9.17, 15) is 0 Å². The SMILES string of the molecule is Cc1onc(-c2ccc(Cl)o2)c1-c1ccc(N)cc1. The van der Waals surface area contributed by atoms with Gasteiger partial charge < -0.3 is 14.7 Å². The van der Waals surface area contributed by atoms with Gasteiger partial charge in [-0.2, -0.15) is 0 Å². The molecule has 0 fully saturated rings. The quantitative estimate of drug-likeness (QED) is 0.713. The summed E-state index contributed by atoms with van der Waals surface area (Å²) >= 11 is 5.79. The molecule has 0 unspecified atom stereocenters. The highest BCUT2D eigenvalue weighted by molar-refractivity contribution is 6.29. The van der Waals surface area contributed by atoms with E-state index < -0.39 is 0 Å². The van der Waals surface area contributed by atoms with Crippen LogP contribution in [-0.4, -0.2) is 5.16 Å². The molecule has 0 spiro atoms. The van der Waals surface area contributed by atoms with E-state index in [-0.39, 0.29) is 0 Å². The summed E-state index contributed by atoms with van der Waals surface area (Å²) in [5, 5.41) is 4.36. The van der Waals surface area contributed by atoms with Crippen LogP contribution < -0.4 is 5.73 Å². The van der Waals surface area contributed by atoms with Crippen molar-refractivity contribution in [1.29, 1.82) is 0 Å². The molecular formula is C14H11ClN2O2. The standard InChI is InChI=1S/C14H11ClN2O2/c1-8-13(9-2-4-10(16)5-3-9)14(17-19-8)11-6-7-12(15)18-11/h2-7H,16H2,1H3. The number of anilines is 1. The lowest BCUT2D eigenvalue weighted by Crippen LogP contribution is -1.86. The van der Waals surface area contributed by atoms with Gasteiger partial charge in [-0.3, -0.25) is 0 Å². The molecule has 0 saturated carbocycles. The van der Waals surface area contributed by atoms with Crippen LogP contribution in [0.3, 0.4) is 0 Å². The van der Waals surface area contributed by atoms with Gasteiger partial charge in [0.15, 0.2) is 16.7 Å². The molecule has 0 aliphatic heterocycles. The third-order valence-electron chi connectivity index (χ3n) is 2.87. The van der Waals surface area contributed by atoms with E-state index in [0.29, 0.717) is 28.1 Å². The number of nitrogens with two attached hydrogens (primary N) is 1. The number of rotatable bonds is 2. The predicted octanol–water partition coefficient (Wildman–Crippen LogP) is 4.15. The number of benzene rings is 1. The summed E-state index contributed by atoms with van der Waals surface area (Å²) in [4.78, 5) is 0. The molecule has 4 nitrogen and oxygen atoms in total. The first-order chi connectivity index (χ1) is 9.15. The summed E-state index contributed by atoms with van der Waals surface area (Å²) in [6, 6.07) is 10.9. The molecule has 0 atom stereocenters. The molecule has 0 aliphatic carbocycles. The molecule has 2 aromatic heterocycles. The van der Waals surface area contributed by atoms with Crippen molar-refractivity contribution in [3.05, 3.63) is 47.4 Å². The lowest BCUT2D eigenvalue weighted by Gasteiger charge is -2.01. The number of aromatic nitrogens is 1.